The summed E-state index contributed by atoms with van der Waals surface area (Å²) in [6.45, 7) is 15.0. The molecule has 4 rings (SSSR count). The number of Topliss-reactive ketones (excluding diaryl/α,β-unsaturated/α-hetero) is 2. The number of ether oxygens (including phenoxy) is 2. The van der Waals surface area contributed by atoms with Crippen LogP contribution in [0.4, 0.5) is 0 Å². The quantitative estimate of drug-likeness (QED) is 0.0292. The van der Waals surface area contributed by atoms with E-state index < -0.39 is 184 Å². The number of hydrogen-bond acceptors (Lipinski definition) is 20. The number of nitrogens with zero attached hydrogens (tertiary/aromatic N) is 1. The van der Waals surface area contributed by atoms with E-state index in [2.05, 4.69) is 47.9 Å². The molecule has 11 amide bonds. The van der Waals surface area contributed by atoms with Crippen molar-refractivity contribution in [3.05, 3.63) is 22.4 Å². The van der Waals surface area contributed by atoms with Crippen LogP contribution in [0.1, 0.15) is 178 Å². The van der Waals surface area contributed by atoms with Crippen molar-refractivity contribution in [2.24, 2.45) is 23.3 Å². The SMILES string of the molecule is CCCCCCCC[C@@H]1NC(=O)[C@@H](CC(C)C)NC(=O)C(C(C)O)NC(=O)[C@@H](CC(C)C)NC(=O)[C@@H](CC(N)=O)NC(=O)[C@H](CC(N)=O)NC(=O)[C@H](C)NC(=O)C(C(C)O)NC(=O)[C@H](CCCN2C=C3C(=O)[C@](C)(OC(=O)CCC)C(=O)C(Cl)=C3[C@@H](O)[C@@]23CCCO3)NC1=O. The Morgan fingerprint density at radius 1 is 0.600 bits per heavy atom. The second-order valence-corrected chi connectivity index (χ2v) is 26.3. The molecule has 0 aromatic rings. The highest BCUT2D eigenvalue weighted by molar-refractivity contribution is 6.49. The number of fused-ring (bicyclic) bond motifs is 1. The van der Waals surface area contributed by atoms with Crippen LogP contribution in [0.15, 0.2) is 22.4 Å². The number of carbonyl (C=O) groups is 14. The van der Waals surface area contributed by atoms with Gasteiger partial charge in [-0.05, 0) is 84.5 Å². The first-order valence-electron chi connectivity index (χ1n) is 32.7. The monoisotopic (exact) mass is 1360 g/mol. The molecule has 0 bridgehead atoms. The number of aliphatic hydroxyl groups is 3. The van der Waals surface area contributed by atoms with E-state index in [4.69, 9.17) is 32.5 Å². The molecule has 95 heavy (non-hydrogen) atoms. The van der Waals surface area contributed by atoms with Crippen molar-refractivity contribution in [1.82, 2.24) is 52.8 Å². The van der Waals surface area contributed by atoms with Crippen molar-refractivity contribution in [3.8, 4) is 0 Å². The molecule has 3 heterocycles. The first-order chi connectivity index (χ1) is 44.5. The van der Waals surface area contributed by atoms with Crippen LogP contribution in [0.5, 0.6) is 0 Å². The van der Waals surface area contributed by atoms with Crippen LogP contribution in [0.2, 0.25) is 0 Å². The maximum Gasteiger partial charge on any atom is 0.307 e. The third-order valence-electron chi connectivity index (χ3n) is 16.8. The van der Waals surface area contributed by atoms with Gasteiger partial charge in [0.1, 0.15) is 60.5 Å². The van der Waals surface area contributed by atoms with Gasteiger partial charge in [0.25, 0.3) is 0 Å². The van der Waals surface area contributed by atoms with Gasteiger partial charge in [-0.1, -0.05) is 91.7 Å². The van der Waals surface area contributed by atoms with Crippen LogP contribution in [-0.2, 0) is 76.6 Å². The summed E-state index contributed by atoms with van der Waals surface area (Å²) in [5.41, 5.74) is 6.34. The molecular formula is C63H99ClN12O19. The highest BCUT2D eigenvalue weighted by Crippen LogP contribution is 2.48. The summed E-state index contributed by atoms with van der Waals surface area (Å²) in [7, 11) is 0. The number of ketones is 2. The number of nitrogens with two attached hydrogens (primary N) is 2. The fraction of sp³-hybridized carbons (Fsp3) is 0.714. The van der Waals surface area contributed by atoms with Crippen LogP contribution in [-0.4, -0.2) is 200 Å². The lowest BCUT2D eigenvalue weighted by molar-refractivity contribution is -0.174. The zero-order valence-corrected chi connectivity index (χ0v) is 56.7. The van der Waals surface area contributed by atoms with Gasteiger partial charge < -0.3 is 89.0 Å². The number of amides is 11. The largest absolute Gasteiger partial charge is 0.442 e. The molecule has 16 N–H and O–H groups in total. The summed E-state index contributed by atoms with van der Waals surface area (Å²) in [4.78, 5) is 196. The Hall–Kier alpha value is -7.61. The minimum atomic E-state index is -2.42. The normalized spacial score (nSPS) is 28.9. The molecule has 0 aromatic heterocycles. The molecule has 4 unspecified atom stereocenters. The minimum absolute atomic E-state index is 0.0310. The Balaban J connectivity index is 1.89. The summed E-state index contributed by atoms with van der Waals surface area (Å²) in [6.07, 6.45) is -1.28. The third-order valence-corrected chi connectivity index (χ3v) is 17.1. The topological polar surface area (TPSA) is 482 Å². The number of rotatable bonds is 24. The van der Waals surface area contributed by atoms with Crippen molar-refractivity contribution < 1.29 is 91.9 Å². The van der Waals surface area contributed by atoms with E-state index in [-0.39, 0.29) is 81.1 Å². The number of esters is 1. The predicted molar refractivity (Wildman–Crippen MR) is 341 cm³/mol. The van der Waals surface area contributed by atoms with Crippen LogP contribution in [0.25, 0.3) is 0 Å². The number of unbranched alkanes of at least 4 members (excludes halogenated alkanes) is 5. The molecule has 3 aliphatic heterocycles. The van der Waals surface area contributed by atoms with Gasteiger partial charge in [-0.3, -0.25) is 67.1 Å². The van der Waals surface area contributed by atoms with Crippen LogP contribution >= 0.6 is 11.6 Å². The Morgan fingerprint density at radius 3 is 1.52 bits per heavy atom. The molecule has 32 heteroatoms. The average molecular weight is 1360 g/mol. The molecule has 0 radical (unpaired) electrons. The molecule has 2 fully saturated rings. The van der Waals surface area contributed by atoms with E-state index in [0.717, 1.165) is 46.5 Å². The molecule has 0 saturated carbocycles. The highest BCUT2D eigenvalue weighted by Gasteiger charge is 2.60. The van der Waals surface area contributed by atoms with Crippen LogP contribution in [0.3, 0.4) is 0 Å². The van der Waals surface area contributed by atoms with E-state index in [9.17, 15) is 77.6 Å². The molecule has 1 aliphatic carbocycles. The Morgan fingerprint density at radius 2 is 1.03 bits per heavy atom. The molecular weight excluding hydrogens is 1260 g/mol. The van der Waals surface area contributed by atoms with Crippen molar-refractivity contribution in [2.75, 3.05) is 13.2 Å². The number of hydrogen-bond donors (Lipinski definition) is 14. The summed E-state index contributed by atoms with van der Waals surface area (Å²) in [5, 5.41) is 55.9. The lowest BCUT2D eigenvalue weighted by Gasteiger charge is -2.49. The van der Waals surface area contributed by atoms with Gasteiger partial charge in [0.2, 0.25) is 82.1 Å². The maximum atomic E-state index is 15.0. The van der Waals surface area contributed by atoms with Gasteiger partial charge >= 0.3 is 5.97 Å². The second kappa shape index (κ2) is 36.5. The summed E-state index contributed by atoms with van der Waals surface area (Å²) < 4.78 is 11.7. The standard InChI is InChI=1S/C63H99ClN12O19/c1-11-13-14-15-16-17-21-37-54(86)68-38(22-18-24-76-30-36-46(51(83)63(76)23-19-25-94-63)47(64)52(84)62(10,50(36)82)95-45(81)20-12-2)55(87)74-48(34(8)77)60(92)67-33(7)53(85)70-41(28-43(65)79)57(89)72-42(29-44(66)80)58(90)71-40(27-32(5)6)59(91)75-49(35(9)78)61(93)73-39(26-31(3)4)56(88)69-37/h30-35,37-42,48-49,51,77-78,83H,11-29H2,1-10H3,(H2,65,79)(H2,66,80)(H,67,92)(H,68,86)(H,69,88)(H,70,85)(H,71,90)(H,72,89)(H,73,93)(H,74,87)(H,75,91)/t33-,34?,35?,37-,38-,39+,40+,41-,42+,48?,49?,51+,62-,63-/m0/s1. The Kier molecular flexibility index (Phi) is 30.7. The molecule has 0 aromatic carbocycles. The van der Waals surface area contributed by atoms with E-state index in [1.54, 1.807) is 34.6 Å². The van der Waals surface area contributed by atoms with Gasteiger partial charge in [0, 0.05) is 43.3 Å². The molecule has 14 atom stereocenters. The van der Waals surface area contributed by atoms with Gasteiger partial charge in [-0.15, -0.1) is 0 Å². The zero-order valence-electron chi connectivity index (χ0n) is 55.9. The highest BCUT2D eigenvalue weighted by atomic mass is 35.5. The van der Waals surface area contributed by atoms with Crippen molar-refractivity contribution in [3.63, 3.8) is 0 Å². The van der Waals surface area contributed by atoms with Crippen molar-refractivity contribution in [2.45, 2.75) is 262 Å². The van der Waals surface area contributed by atoms with Gasteiger partial charge in [-0.2, -0.15) is 0 Å². The third kappa shape index (κ3) is 22.0. The lowest BCUT2D eigenvalue weighted by Crippen LogP contribution is -2.62. The Bertz CT molecular complexity index is 2910. The molecule has 532 valence electrons. The predicted octanol–water partition coefficient (Wildman–Crippen LogP) is -1.67. The van der Waals surface area contributed by atoms with E-state index >= 15 is 4.79 Å². The minimum Gasteiger partial charge on any atom is -0.442 e. The van der Waals surface area contributed by atoms with E-state index in [0.29, 0.717) is 25.7 Å². The fourth-order valence-corrected chi connectivity index (χ4v) is 12.0. The van der Waals surface area contributed by atoms with Crippen molar-refractivity contribution >= 4 is 94.1 Å². The second-order valence-electron chi connectivity index (χ2n) is 25.9. The summed E-state index contributed by atoms with van der Waals surface area (Å²) >= 11 is 6.67. The first-order valence-corrected chi connectivity index (χ1v) is 33.1. The first kappa shape index (κ1) is 79.8. The smallest absolute Gasteiger partial charge is 0.307 e. The van der Waals surface area contributed by atoms with E-state index in [1.807, 2.05) is 6.92 Å². The van der Waals surface area contributed by atoms with Crippen LogP contribution in [0, 0.1) is 11.8 Å². The Labute approximate surface area is 558 Å². The summed E-state index contributed by atoms with van der Waals surface area (Å²) in [5.74, 6) is -15.8. The van der Waals surface area contributed by atoms with Gasteiger partial charge in [0.05, 0.1) is 30.1 Å². The number of primary amides is 2. The van der Waals surface area contributed by atoms with Crippen LogP contribution < -0.4 is 59.3 Å². The van der Waals surface area contributed by atoms with Gasteiger partial charge in [0.15, 0.2) is 5.72 Å². The number of halogens is 1. The summed E-state index contributed by atoms with van der Waals surface area (Å²) in [6, 6.07) is -15.3. The maximum absolute atomic E-state index is 15.0. The number of aliphatic hydroxyl groups excluding tert-OH is 3. The van der Waals surface area contributed by atoms with Gasteiger partial charge in [-0.25, -0.2) is 0 Å². The lowest BCUT2D eigenvalue weighted by atomic mass is 9.74. The fourth-order valence-electron chi connectivity index (χ4n) is 11.6. The average Bonchev–Trinajstić information content (AvgIpc) is 1.65. The van der Waals surface area contributed by atoms with E-state index in [1.165, 1.54) is 18.0 Å². The van der Waals surface area contributed by atoms with Crippen molar-refractivity contribution in [1.29, 1.82) is 0 Å². The molecule has 4 aliphatic rings. The molecule has 2 saturated heterocycles. The molecule has 31 nitrogen and oxygen atoms in total. The molecule has 1 spiro atoms. The zero-order chi connectivity index (χ0) is 71.4. The number of carbonyl (C=O) groups excluding carboxylic acids is 14. The number of nitrogens with one attached hydrogen (secondary N) is 9.